The zero-order valence-electron chi connectivity index (χ0n) is 12.4. The summed E-state index contributed by atoms with van der Waals surface area (Å²) in [5, 5.41) is 2.70. The van der Waals surface area contributed by atoms with Gasteiger partial charge in [0.05, 0.1) is 18.9 Å². The molecule has 1 aromatic carbocycles. The largest absolute Gasteiger partial charge is 0.497 e. The zero-order valence-corrected chi connectivity index (χ0v) is 14.8. The van der Waals surface area contributed by atoms with E-state index < -0.39 is 15.6 Å². The molecule has 0 heterocycles. The maximum atomic E-state index is 12.2. The van der Waals surface area contributed by atoms with Crippen molar-refractivity contribution in [2.75, 3.05) is 19.9 Å². The molecule has 0 aliphatic rings. The second-order valence-electron chi connectivity index (χ2n) is 5.29. The SMILES string of the molecule is COc1ccc(Br)c(C(=O)NCC(C)(C)NS(C)(=O)=O)c1. The fourth-order valence-electron chi connectivity index (χ4n) is 1.74. The molecule has 118 valence electrons. The molecule has 1 aromatic rings. The normalized spacial score (nSPS) is 12.0. The van der Waals surface area contributed by atoms with Gasteiger partial charge in [-0.25, -0.2) is 13.1 Å². The van der Waals surface area contributed by atoms with Gasteiger partial charge in [-0.2, -0.15) is 0 Å². The van der Waals surface area contributed by atoms with Crippen LogP contribution in [0.3, 0.4) is 0 Å². The molecule has 0 unspecified atom stereocenters. The highest BCUT2D eigenvalue weighted by Gasteiger charge is 2.23. The molecule has 0 atom stereocenters. The van der Waals surface area contributed by atoms with Crippen LogP contribution in [0.15, 0.2) is 22.7 Å². The van der Waals surface area contributed by atoms with E-state index in [0.717, 1.165) is 6.26 Å². The standard InChI is InChI=1S/C13H19BrN2O4S/c1-13(2,16-21(4,18)19)8-15-12(17)10-7-9(20-3)5-6-11(10)14/h5-7,16H,8H2,1-4H3,(H,15,17). The maximum absolute atomic E-state index is 12.2. The molecule has 0 spiro atoms. The summed E-state index contributed by atoms with van der Waals surface area (Å²) < 4.78 is 30.7. The number of hydrogen-bond acceptors (Lipinski definition) is 4. The van der Waals surface area contributed by atoms with Gasteiger partial charge in [0.1, 0.15) is 5.75 Å². The van der Waals surface area contributed by atoms with Crippen LogP contribution in [0.4, 0.5) is 0 Å². The number of benzene rings is 1. The lowest BCUT2D eigenvalue weighted by Gasteiger charge is -2.25. The summed E-state index contributed by atoms with van der Waals surface area (Å²) >= 11 is 3.30. The van der Waals surface area contributed by atoms with Crippen molar-refractivity contribution < 1.29 is 17.9 Å². The molecule has 0 fully saturated rings. The summed E-state index contributed by atoms with van der Waals surface area (Å²) in [4.78, 5) is 12.2. The Labute approximate surface area is 133 Å². The lowest BCUT2D eigenvalue weighted by molar-refractivity contribution is 0.0943. The van der Waals surface area contributed by atoms with Crippen LogP contribution in [0.1, 0.15) is 24.2 Å². The topological polar surface area (TPSA) is 84.5 Å². The van der Waals surface area contributed by atoms with E-state index in [-0.39, 0.29) is 12.5 Å². The fourth-order valence-corrected chi connectivity index (χ4v) is 3.24. The average Bonchev–Trinajstić information content (AvgIpc) is 2.34. The van der Waals surface area contributed by atoms with Gasteiger partial charge in [-0.05, 0) is 48.0 Å². The molecule has 21 heavy (non-hydrogen) atoms. The lowest BCUT2D eigenvalue weighted by atomic mass is 10.1. The minimum atomic E-state index is -3.34. The molecular formula is C13H19BrN2O4S. The van der Waals surface area contributed by atoms with Gasteiger partial charge < -0.3 is 10.1 Å². The molecule has 2 N–H and O–H groups in total. The van der Waals surface area contributed by atoms with Crippen LogP contribution in [-0.2, 0) is 10.0 Å². The van der Waals surface area contributed by atoms with Crippen molar-refractivity contribution in [3.63, 3.8) is 0 Å². The third-order valence-corrected chi connectivity index (χ3v) is 4.19. The Bertz CT molecular complexity index is 629. The first-order valence-electron chi connectivity index (χ1n) is 6.15. The zero-order chi connectivity index (χ0) is 16.3. The van der Waals surface area contributed by atoms with Gasteiger partial charge in [0.2, 0.25) is 10.0 Å². The summed E-state index contributed by atoms with van der Waals surface area (Å²) in [5.74, 6) is 0.251. The van der Waals surface area contributed by atoms with E-state index in [1.807, 2.05) is 0 Å². The van der Waals surface area contributed by atoms with Gasteiger partial charge >= 0.3 is 0 Å². The van der Waals surface area contributed by atoms with Crippen molar-refractivity contribution in [1.82, 2.24) is 10.0 Å². The number of rotatable bonds is 6. The van der Waals surface area contributed by atoms with Crippen molar-refractivity contribution in [2.24, 2.45) is 0 Å². The number of halogens is 1. The molecule has 0 saturated carbocycles. The average molecular weight is 379 g/mol. The Hall–Kier alpha value is -1.12. The van der Waals surface area contributed by atoms with Crippen molar-refractivity contribution in [3.8, 4) is 5.75 Å². The monoisotopic (exact) mass is 378 g/mol. The maximum Gasteiger partial charge on any atom is 0.252 e. The van der Waals surface area contributed by atoms with Crippen LogP contribution in [0, 0.1) is 0 Å². The number of nitrogens with one attached hydrogen (secondary N) is 2. The number of ether oxygens (including phenoxy) is 1. The number of hydrogen-bond donors (Lipinski definition) is 2. The van der Waals surface area contributed by atoms with Crippen molar-refractivity contribution in [2.45, 2.75) is 19.4 Å². The van der Waals surface area contributed by atoms with Crippen LogP contribution < -0.4 is 14.8 Å². The predicted molar refractivity (Wildman–Crippen MR) is 85.1 cm³/mol. The smallest absolute Gasteiger partial charge is 0.252 e. The first-order chi connectivity index (χ1) is 9.54. The predicted octanol–water partition coefficient (Wildman–Crippen LogP) is 1.52. The van der Waals surface area contributed by atoms with Crippen LogP contribution in [-0.4, -0.2) is 39.8 Å². The van der Waals surface area contributed by atoms with Crippen molar-refractivity contribution in [1.29, 1.82) is 0 Å². The number of amides is 1. The van der Waals surface area contributed by atoms with Gasteiger partial charge in [0, 0.05) is 16.6 Å². The van der Waals surface area contributed by atoms with Crippen LogP contribution in [0.5, 0.6) is 5.75 Å². The third-order valence-electron chi connectivity index (χ3n) is 2.57. The van der Waals surface area contributed by atoms with Gasteiger partial charge in [0.25, 0.3) is 5.91 Å². The third kappa shape index (κ3) is 6.03. The molecule has 1 rings (SSSR count). The van der Waals surface area contributed by atoms with Gasteiger partial charge in [-0.1, -0.05) is 0 Å². The van der Waals surface area contributed by atoms with Crippen LogP contribution in [0.2, 0.25) is 0 Å². The first kappa shape index (κ1) is 17.9. The highest BCUT2D eigenvalue weighted by atomic mass is 79.9. The second kappa shape index (κ2) is 6.76. The van der Waals surface area contributed by atoms with Crippen LogP contribution in [0.25, 0.3) is 0 Å². The lowest BCUT2D eigenvalue weighted by Crippen LogP contribution is -2.51. The molecule has 0 radical (unpaired) electrons. The summed E-state index contributed by atoms with van der Waals surface area (Å²) in [6, 6.07) is 5.06. The Kier molecular flexibility index (Phi) is 5.77. The molecule has 0 bridgehead atoms. The highest BCUT2D eigenvalue weighted by molar-refractivity contribution is 9.10. The summed E-state index contributed by atoms with van der Waals surface area (Å²) in [6.45, 7) is 3.53. The number of methoxy groups -OCH3 is 1. The molecule has 1 amide bonds. The quantitative estimate of drug-likeness (QED) is 0.785. The van der Waals surface area contributed by atoms with Crippen molar-refractivity contribution in [3.05, 3.63) is 28.2 Å². The van der Waals surface area contributed by atoms with Gasteiger partial charge in [0.15, 0.2) is 0 Å². The Balaban J connectivity index is 2.78. The van der Waals surface area contributed by atoms with Gasteiger partial charge in [-0.3, -0.25) is 4.79 Å². The molecule has 0 aliphatic heterocycles. The minimum absolute atomic E-state index is 0.155. The molecule has 0 saturated heterocycles. The molecule has 0 aromatic heterocycles. The number of carbonyl (C=O) groups excluding carboxylic acids is 1. The van der Waals surface area contributed by atoms with Gasteiger partial charge in [-0.15, -0.1) is 0 Å². The van der Waals surface area contributed by atoms with E-state index in [0.29, 0.717) is 15.8 Å². The minimum Gasteiger partial charge on any atom is -0.497 e. The number of sulfonamides is 1. The Morgan fingerprint density at radius 3 is 2.52 bits per heavy atom. The molecule has 0 aliphatic carbocycles. The second-order valence-corrected chi connectivity index (χ2v) is 7.89. The van der Waals surface area contributed by atoms with E-state index in [1.54, 1.807) is 32.0 Å². The molecule has 8 heteroatoms. The number of carbonyl (C=O) groups is 1. The Morgan fingerprint density at radius 2 is 2.00 bits per heavy atom. The summed E-state index contributed by atoms with van der Waals surface area (Å²) in [6.07, 6.45) is 1.08. The van der Waals surface area contributed by atoms with E-state index in [2.05, 4.69) is 26.0 Å². The molecular weight excluding hydrogens is 360 g/mol. The Morgan fingerprint density at radius 1 is 1.38 bits per heavy atom. The van der Waals surface area contributed by atoms with E-state index in [4.69, 9.17) is 4.74 Å². The van der Waals surface area contributed by atoms with E-state index in [9.17, 15) is 13.2 Å². The fraction of sp³-hybridized carbons (Fsp3) is 0.462. The van der Waals surface area contributed by atoms with E-state index >= 15 is 0 Å². The van der Waals surface area contributed by atoms with E-state index in [1.165, 1.54) is 7.11 Å². The van der Waals surface area contributed by atoms with Crippen LogP contribution >= 0.6 is 15.9 Å². The van der Waals surface area contributed by atoms with Crippen molar-refractivity contribution >= 4 is 31.9 Å². The summed E-state index contributed by atoms with van der Waals surface area (Å²) in [5.41, 5.74) is -0.362. The molecule has 6 nitrogen and oxygen atoms in total. The summed E-state index contributed by atoms with van der Waals surface area (Å²) in [7, 11) is -1.83. The highest BCUT2D eigenvalue weighted by Crippen LogP contribution is 2.22. The first-order valence-corrected chi connectivity index (χ1v) is 8.83.